The van der Waals surface area contributed by atoms with Gasteiger partial charge in [-0.1, -0.05) is 31.9 Å². The second-order valence-corrected chi connectivity index (χ2v) is 5.87. The van der Waals surface area contributed by atoms with Crippen molar-refractivity contribution in [2.45, 2.75) is 32.7 Å². The maximum absolute atomic E-state index is 14.1. The second-order valence-electron chi connectivity index (χ2n) is 5.46. The number of benzene rings is 1. The summed E-state index contributed by atoms with van der Waals surface area (Å²) in [5.74, 6) is -0.722. The molecule has 1 heterocycles. The van der Waals surface area contributed by atoms with Crippen LogP contribution < -0.4 is 10.2 Å². The molecular weight excluding hydrogens is 282 g/mol. The molecule has 112 valence electrons. The van der Waals surface area contributed by atoms with Gasteiger partial charge in [0.2, 0.25) is 0 Å². The van der Waals surface area contributed by atoms with Crippen LogP contribution in [0.5, 0.6) is 0 Å². The van der Waals surface area contributed by atoms with E-state index in [0.717, 1.165) is 32.0 Å². The zero-order valence-corrected chi connectivity index (χ0v) is 12.7. The summed E-state index contributed by atoms with van der Waals surface area (Å²) in [6.45, 7) is 6.66. The van der Waals surface area contributed by atoms with E-state index in [0.29, 0.717) is 24.2 Å². The van der Waals surface area contributed by atoms with E-state index in [9.17, 15) is 8.78 Å². The molecule has 0 amide bonds. The Bertz CT molecular complexity index is 444. The molecule has 2 atom stereocenters. The van der Waals surface area contributed by atoms with Gasteiger partial charge in [-0.3, -0.25) is 0 Å². The molecule has 1 fully saturated rings. The van der Waals surface area contributed by atoms with E-state index in [1.54, 1.807) is 0 Å². The molecule has 0 saturated carbocycles. The number of rotatable bonds is 3. The van der Waals surface area contributed by atoms with Crippen molar-refractivity contribution >= 4 is 17.3 Å². The third-order valence-electron chi connectivity index (χ3n) is 4.06. The minimum absolute atomic E-state index is 0.146. The molecule has 0 aliphatic carbocycles. The van der Waals surface area contributed by atoms with Gasteiger partial charge in [-0.15, -0.1) is 0 Å². The predicted octanol–water partition coefficient (Wildman–Crippen LogP) is 3.83. The molecule has 5 heteroatoms. The maximum Gasteiger partial charge on any atom is 0.150 e. The van der Waals surface area contributed by atoms with Crippen molar-refractivity contribution in [3.05, 3.63) is 28.8 Å². The van der Waals surface area contributed by atoms with Crippen molar-refractivity contribution in [1.29, 1.82) is 0 Å². The SMILES string of the molecule is CCC(C)C1CN(c2c(F)cc(F)cc2Cl)CCCN1. The van der Waals surface area contributed by atoms with Crippen molar-refractivity contribution in [2.75, 3.05) is 24.5 Å². The zero-order chi connectivity index (χ0) is 14.7. The Labute approximate surface area is 124 Å². The Hall–Kier alpha value is -0.870. The number of nitrogens with zero attached hydrogens (tertiary/aromatic N) is 1. The van der Waals surface area contributed by atoms with Crippen LogP contribution >= 0.6 is 11.6 Å². The Morgan fingerprint density at radius 3 is 2.85 bits per heavy atom. The van der Waals surface area contributed by atoms with Crippen LogP contribution in [-0.4, -0.2) is 25.7 Å². The Kier molecular flexibility index (Phi) is 5.22. The standard InChI is InChI=1S/C15H21ClF2N2/c1-3-10(2)14-9-20(6-4-5-19-14)15-12(16)7-11(17)8-13(15)18/h7-8,10,14,19H,3-6,9H2,1-2H3. The molecule has 2 unspecified atom stereocenters. The van der Waals surface area contributed by atoms with Crippen LogP contribution in [0.3, 0.4) is 0 Å². The maximum atomic E-state index is 14.1. The van der Waals surface area contributed by atoms with Crippen molar-refractivity contribution in [2.24, 2.45) is 5.92 Å². The largest absolute Gasteiger partial charge is 0.366 e. The Morgan fingerprint density at radius 2 is 2.20 bits per heavy atom. The highest BCUT2D eigenvalue weighted by molar-refractivity contribution is 6.33. The minimum Gasteiger partial charge on any atom is -0.366 e. The van der Waals surface area contributed by atoms with Gasteiger partial charge in [0.25, 0.3) is 0 Å². The summed E-state index contributed by atoms with van der Waals surface area (Å²) in [5.41, 5.74) is 0.324. The van der Waals surface area contributed by atoms with Gasteiger partial charge in [0.15, 0.2) is 5.82 Å². The third-order valence-corrected chi connectivity index (χ3v) is 4.35. The summed E-state index contributed by atoms with van der Waals surface area (Å²) in [6.07, 6.45) is 1.98. The van der Waals surface area contributed by atoms with Gasteiger partial charge >= 0.3 is 0 Å². The summed E-state index contributed by atoms with van der Waals surface area (Å²) in [7, 11) is 0. The van der Waals surface area contributed by atoms with E-state index in [1.807, 2.05) is 4.90 Å². The predicted molar refractivity (Wildman–Crippen MR) is 79.4 cm³/mol. The number of hydrogen-bond donors (Lipinski definition) is 1. The van der Waals surface area contributed by atoms with Crippen LogP contribution in [-0.2, 0) is 0 Å². The van der Waals surface area contributed by atoms with Crippen molar-refractivity contribution in [3.8, 4) is 0 Å². The van der Waals surface area contributed by atoms with E-state index in [2.05, 4.69) is 19.2 Å². The van der Waals surface area contributed by atoms with Gasteiger partial charge in [0.1, 0.15) is 5.82 Å². The molecule has 20 heavy (non-hydrogen) atoms. The molecule has 1 aromatic carbocycles. The first-order chi connectivity index (χ1) is 9.52. The van der Waals surface area contributed by atoms with Crippen molar-refractivity contribution in [1.82, 2.24) is 5.32 Å². The molecular formula is C15H21ClF2N2. The summed E-state index contributed by atoms with van der Waals surface area (Å²) < 4.78 is 27.2. The van der Waals surface area contributed by atoms with E-state index in [4.69, 9.17) is 11.6 Å². The first-order valence-corrected chi connectivity index (χ1v) is 7.53. The van der Waals surface area contributed by atoms with Gasteiger partial charge in [-0.05, 0) is 24.9 Å². The van der Waals surface area contributed by atoms with Crippen molar-refractivity contribution < 1.29 is 8.78 Å². The van der Waals surface area contributed by atoms with E-state index >= 15 is 0 Å². The minimum atomic E-state index is -0.636. The lowest BCUT2D eigenvalue weighted by Gasteiger charge is -2.30. The smallest absolute Gasteiger partial charge is 0.150 e. The van der Waals surface area contributed by atoms with Crippen LogP contribution in [0.4, 0.5) is 14.5 Å². The first-order valence-electron chi connectivity index (χ1n) is 7.15. The highest BCUT2D eigenvalue weighted by Gasteiger charge is 2.25. The van der Waals surface area contributed by atoms with E-state index in [1.165, 1.54) is 6.07 Å². The molecule has 1 aliphatic heterocycles. The summed E-state index contributed by atoms with van der Waals surface area (Å²) in [5, 5.41) is 3.65. The lowest BCUT2D eigenvalue weighted by Crippen LogP contribution is -2.42. The molecule has 2 rings (SSSR count). The van der Waals surface area contributed by atoms with Crippen LogP contribution in [0.2, 0.25) is 5.02 Å². The van der Waals surface area contributed by atoms with Crippen LogP contribution in [0.25, 0.3) is 0 Å². The number of nitrogens with one attached hydrogen (secondary N) is 1. The second kappa shape index (κ2) is 6.72. The molecule has 2 nitrogen and oxygen atoms in total. The van der Waals surface area contributed by atoms with Gasteiger partial charge in [0, 0.05) is 25.2 Å². The molecule has 1 saturated heterocycles. The monoisotopic (exact) mass is 302 g/mol. The molecule has 0 aromatic heterocycles. The zero-order valence-electron chi connectivity index (χ0n) is 11.9. The summed E-state index contributed by atoms with van der Waals surface area (Å²) >= 11 is 6.04. The summed E-state index contributed by atoms with van der Waals surface area (Å²) in [6, 6.07) is 2.37. The highest BCUT2D eigenvalue weighted by Crippen LogP contribution is 2.31. The molecule has 1 aliphatic rings. The lowest BCUT2D eigenvalue weighted by atomic mass is 9.99. The van der Waals surface area contributed by atoms with E-state index < -0.39 is 11.6 Å². The fraction of sp³-hybridized carbons (Fsp3) is 0.600. The van der Waals surface area contributed by atoms with Crippen LogP contribution in [0.15, 0.2) is 12.1 Å². The number of anilines is 1. The topological polar surface area (TPSA) is 15.3 Å². The van der Waals surface area contributed by atoms with Crippen molar-refractivity contribution in [3.63, 3.8) is 0 Å². The molecule has 0 spiro atoms. The average Bonchev–Trinajstić information content (AvgIpc) is 2.62. The average molecular weight is 303 g/mol. The molecule has 0 radical (unpaired) electrons. The number of halogens is 3. The highest BCUT2D eigenvalue weighted by atomic mass is 35.5. The molecule has 1 aromatic rings. The van der Waals surface area contributed by atoms with Crippen LogP contribution in [0, 0.1) is 17.6 Å². The van der Waals surface area contributed by atoms with E-state index in [-0.39, 0.29) is 5.02 Å². The summed E-state index contributed by atoms with van der Waals surface area (Å²) in [4.78, 5) is 1.94. The van der Waals surface area contributed by atoms with Crippen LogP contribution in [0.1, 0.15) is 26.7 Å². The first kappa shape index (κ1) is 15.5. The fourth-order valence-electron chi connectivity index (χ4n) is 2.66. The Morgan fingerprint density at radius 1 is 1.45 bits per heavy atom. The molecule has 1 N–H and O–H groups in total. The lowest BCUT2D eigenvalue weighted by molar-refractivity contribution is 0.383. The van der Waals surface area contributed by atoms with Gasteiger partial charge in [-0.2, -0.15) is 0 Å². The number of hydrogen-bond acceptors (Lipinski definition) is 2. The van der Waals surface area contributed by atoms with Gasteiger partial charge in [0.05, 0.1) is 10.7 Å². The quantitative estimate of drug-likeness (QED) is 0.913. The van der Waals surface area contributed by atoms with Gasteiger partial charge < -0.3 is 10.2 Å². The Balaban J connectivity index is 2.26. The third kappa shape index (κ3) is 3.41. The normalized spacial score (nSPS) is 21.6. The fourth-order valence-corrected chi connectivity index (χ4v) is 2.97. The molecule has 0 bridgehead atoms. The van der Waals surface area contributed by atoms with Gasteiger partial charge in [-0.25, -0.2) is 8.78 Å².